The van der Waals surface area contributed by atoms with E-state index in [2.05, 4.69) is 9.37 Å². The first-order chi connectivity index (χ1) is 15.7. The highest BCUT2D eigenvalue weighted by molar-refractivity contribution is 7.94. The normalized spacial score (nSPS) is 17.8. The Morgan fingerprint density at radius 1 is 0.812 bits per heavy atom. The van der Waals surface area contributed by atoms with Gasteiger partial charge in [0.15, 0.2) is 0 Å². The van der Waals surface area contributed by atoms with E-state index in [9.17, 15) is 9.59 Å². The Balaban J connectivity index is 1.58. The fourth-order valence-corrected chi connectivity index (χ4v) is 5.12. The van der Waals surface area contributed by atoms with Crippen LogP contribution >= 0.6 is 12.0 Å². The largest absolute Gasteiger partial charge is 0.462 e. The van der Waals surface area contributed by atoms with Crippen molar-refractivity contribution in [1.82, 2.24) is 0 Å². The Morgan fingerprint density at radius 3 is 1.88 bits per heavy atom. The highest BCUT2D eigenvalue weighted by Crippen LogP contribution is 2.28. The maximum absolute atomic E-state index is 12.8. The summed E-state index contributed by atoms with van der Waals surface area (Å²) in [4.78, 5) is 26.0. The quantitative estimate of drug-likeness (QED) is 0.174. The summed E-state index contributed by atoms with van der Waals surface area (Å²) in [6.07, 6.45) is 14.0. The van der Waals surface area contributed by atoms with Crippen molar-refractivity contribution in [2.45, 2.75) is 81.9 Å². The van der Waals surface area contributed by atoms with Gasteiger partial charge in [0.1, 0.15) is 0 Å². The van der Waals surface area contributed by atoms with Crippen LogP contribution in [0, 0.1) is 11.8 Å². The first kappa shape index (κ1) is 25.0. The van der Waals surface area contributed by atoms with Gasteiger partial charge in [-0.05, 0) is 42.9 Å². The summed E-state index contributed by atoms with van der Waals surface area (Å²) in [7, 11) is 0. The number of hydrogen-bond donors (Lipinski definition) is 1. The minimum Gasteiger partial charge on any atom is -0.462 e. The topological polar surface area (TPSA) is 91.3 Å². The Morgan fingerprint density at radius 2 is 1.34 bits per heavy atom. The molecule has 2 saturated carbocycles. The molecule has 0 atom stereocenters. The summed E-state index contributed by atoms with van der Waals surface area (Å²) in [5.41, 5.74) is 0.299. The lowest BCUT2D eigenvalue weighted by atomic mass is 9.87. The first-order valence-electron chi connectivity index (χ1n) is 11.8. The highest BCUT2D eigenvalue weighted by Gasteiger charge is 2.22. The van der Waals surface area contributed by atoms with Gasteiger partial charge in [0.25, 0.3) is 0 Å². The molecule has 7 nitrogen and oxygen atoms in total. The Kier molecular flexibility index (Phi) is 10.8. The Labute approximate surface area is 194 Å². The van der Waals surface area contributed by atoms with Crippen LogP contribution in [-0.4, -0.2) is 30.4 Å². The smallest absolute Gasteiger partial charge is 0.339 e. The van der Waals surface area contributed by atoms with Crippen molar-refractivity contribution in [3.05, 3.63) is 29.3 Å². The van der Waals surface area contributed by atoms with E-state index < -0.39 is 11.9 Å². The highest BCUT2D eigenvalue weighted by atomic mass is 32.2. The van der Waals surface area contributed by atoms with Gasteiger partial charge in [-0.2, -0.15) is 0 Å². The molecule has 2 aliphatic carbocycles. The molecular weight excluding hydrogens is 432 g/mol. The van der Waals surface area contributed by atoms with Crippen molar-refractivity contribution >= 4 is 24.0 Å². The van der Waals surface area contributed by atoms with Gasteiger partial charge in [0, 0.05) is 4.90 Å². The maximum atomic E-state index is 12.8. The summed E-state index contributed by atoms with van der Waals surface area (Å²) in [5, 5.41) is 12.0. The van der Waals surface area contributed by atoms with Gasteiger partial charge in [0.2, 0.25) is 0 Å². The lowest BCUT2D eigenvalue weighted by Gasteiger charge is -2.21. The first-order valence-corrected chi connectivity index (χ1v) is 12.5. The Hall–Kier alpha value is -1.61. The lowest BCUT2D eigenvalue weighted by molar-refractivity contribution is -0.432. The minimum absolute atomic E-state index is 0.128. The molecule has 2 fully saturated rings. The monoisotopic (exact) mass is 466 g/mol. The number of hydrogen-bond acceptors (Lipinski definition) is 8. The van der Waals surface area contributed by atoms with Gasteiger partial charge in [-0.15, -0.1) is 4.33 Å². The van der Waals surface area contributed by atoms with Crippen LogP contribution in [0.5, 0.6) is 0 Å². The molecule has 0 saturated heterocycles. The zero-order valence-electron chi connectivity index (χ0n) is 18.6. The summed E-state index contributed by atoms with van der Waals surface area (Å²) in [6, 6.07) is 4.61. The van der Waals surface area contributed by atoms with E-state index >= 15 is 0 Å². The van der Waals surface area contributed by atoms with Crippen molar-refractivity contribution in [2.24, 2.45) is 11.8 Å². The van der Waals surface area contributed by atoms with Crippen LogP contribution < -0.4 is 0 Å². The van der Waals surface area contributed by atoms with Crippen molar-refractivity contribution in [1.29, 1.82) is 0 Å². The molecular formula is C24H34O7S. The van der Waals surface area contributed by atoms with E-state index in [0.29, 0.717) is 29.9 Å². The number of carbonyl (C=O) groups is 2. The van der Waals surface area contributed by atoms with Gasteiger partial charge in [-0.3, -0.25) is 0 Å². The van der Waals surface area contributed by atoms with E-state index in [-0.39, 0.29) is 11.1 Å². The lowest BCUT2D eigenvalue weighted by Crippen LogP contribution is -2.17. The summed E-state index contributed by atoms with van der Waals surface area (Å²) in [5.74, 6) is 0.108. The molecule has 1 aromatic carbocycles. The molecule has 178 valence electrons. The zero-order valence-corrected chi connectivity index (χ0v) is 19.4. The number of rotatable bonds is 11. The molecule has 3 rings (SSSR count). The standard InChI is InChI=1S/C24H34O7S/c25-23(28-15-13-18-7-3-1-4-8-18)21-12-11-20(32-31-30-27)17-22(21)24(26)29-16-14-19-9-5-2-6-10-19/h11-12,17-19,27H,1-10,13-16H2. The molecule has 0 amide bonds. The molecule has 1 N–H and O–H groups in total. The molecule has 0 unspecified atom stereocenters. The van der Waals surface area contributed by atoms with Crippen molar-refractivity contribution < 1.29 is 33.7 Å². The third kappa shape index (κ3) is 8.06. The average molecular weight is 467 g/mol. The van der Waals surface area contributed by atoms with Crippen LogP contribution in [-0.2, 0) is 18.8 Å². The van der Waals surface area contributed by atoms with E-state index in [1.165, 1.54) is 76.3 Å². The van der Waals surface area contributed by atoms with Gasteiger partial charge in [-0.1, -0.05) is 69.2 Å². The Bertz CT molecular complexity index is 727. The molecule has 0 bridgehead atoms. The third-order valence-corrected chi connectivity index (χ3v) is 7.13. The van der Waals surface area contributed by atoms with E-state index in [1.54, 1.807) is 6.07 Å². The molecule has 2 aliphatic rings. The van der Waals surface area contributed by atoms with Gasteiger partial charge in [-0.25, -0.2) is 14.8 Å². The van der Waals surface area contributed by atoms with Crippen LogP contribution in [0.3, 0.4) is 0 Å². The molecule has 32 heavy (non-hydrogen) atoms. The minimum atomic E-state index is -0.563. The zero-order chi connectivity index (χ0) is 22.6. The number of carbonyl (C=O) groups excluding carboxylic acids is 2. The predicted molar refractivity (Wildman–Crippen MR) is 120 cm³/mol. The van der Waals surface area contributed by atoms with Gasteiger partial charge < -0.3 is 9.47 Å². The second kappa shape index (κ2) is 13.8. The molecule has 8 heteroatoms. The molecule has 0 aromatic heterocycles. The van der Waals surface area contributed by atoms with Crippen LogP contribution in [0.2, 0.25) is 0 Å². The van der Waals surface area contributed by atoms with Crippen molar-refractivity contribution in [3.8, 4) is 0 Å². The fourth-order valence-electron chi connectivity index (χ4n) is 4.72. The van der Waals surface area contributed by atoms with Crippen LogP contribution in [0.25, 0.3) is 0 Å². The summed E-state index contributed by atoms with van der Waals surface area (Å²) < 4.78 is 15.4. The van der Waals surface area contributed by atoms with Crippen LogP contribution in [0.4, 0.5) is 0 Å². The van der Waals surface area contributed by atoms with E-state index in [4.69, 9.17) is 14.7 Å². The SMILES string of the molecule is O=C(OCCC1CCCCC1)c1ccc(SOOO)cc1C(=O)OCCC1CCCCC1. The summed E-state index contributed by atoms with van der Waals surface area (Å²) in [6.45, 7) is 0.672. The predicted octanol–water partition coefficient (Wildman–Crippen LogP) is 6.37. The molecule has 0 heterocycles. The second-order valence-corrected chi connectivity index (χ2v) is 9.56. The van der Waals surface area contributed by atoms with E-state index in [1.807, 2.05) is 0 Å². The summed E-state index contributed by atoms with van der Waals surface area (Å²) >= 11 is 0.723. The number of benzene rings is 1. The molecule has 0 radical (unpaired) electrons. The fraction of sp³-hybridized carbons (Fsp3) is 0.667. The van der Waals surface area contributed by atoms with Gasteiger partial charge in [0.05, 0.1) is 36.4 Å². The van der Waals surface area contributed by atoms with Crippen molar-refractivity contribution in [2.75, 3.05) is 13.2 Å². The van der Waals surface area contributed by atoms with E-state index in [0.717, 1.165) is 24.9 Å². The van der Waals surface area contributed by atoms with Crippen molar-refractivity contribution in [3.63, 3.8) is 0 Å². The van der Waals surface area contributed by atoms with Crippen LogP contribution in [0.15, 0.2) is 23.1 Å². The maximum Gasteiger partial charge on any atom is 0.339 e. The third-order valence-electron chi connectivity index (χ3n) is 6.56. The number of esters is 2. The average Bonchev–Trinajstić information content (AvgIpc) is 2.83. The molecule has 0 spiro atoms. The second-order valence-electron chi connectivity index (χ2n) is 8.79. The van der Waals surface area contributed by atoms with Crippen LogP contribution in [0.1, 0.15) is 97.8 Å². The molecule has 0 aliphatic heterocycles. The number of ether oxygens (including phenoxy) is 2. The molecule has 1 aromatic rings. The van der Waals surface area contributed by atoms with Gasteiger partial charge >= 0.3 is 11.9 Å².